The lowest BCUT2D eigenvalue weighted by atomic mass is 10.1. The second-order valence-corrected chi connectivity index (χ2v) is 3.97. The Kier molecular flexibility index (Phi) is 3.97. The summed E-state index contributed by atoms with van der Waals surface area (Å²) in [6.45, 7) is 1.96. The molecule has 1 aromatic carbocycles. The second-order valence-electron chi connectivity index (χ2n) is 3.97. The molecule has 2 aromatic rings. The number of hydrogen-bond acceptors (Lipinski definition) is 5. The quantitative estimate of drug-likeness (QED) is 0.851. The average Bonchev–Trinajstić information content (AvgIpc) is 2.45. The monoisotopic (exact) mass is 261 g/mol. The highest BCUT2D eigenvalue weighted by Gasteiger charge is 2.12. The minimum Gasteiger partial charge on any atom is -0.494 e. The molecule has 0 aliphatic carbocycles. The number of ether oxygens (including phenoxy) is 2. The van der Waals surface area contributed by atoms with Gasteiger partial charge in [-0.1, -0.05) is 0 Å². The van der Waals surface area contributed by atoms with Gasteiger partial charge in [-0.2, -0.15) is 0 Å². The molecule has 2 rings (SSSR count). The molecule has 1 heterocycles. The van der Waals surface area contributed by atoms with Crippen LogP contribution in [0.25, 0.3) is 10.9 Å². The summed E-state index contributed by atoms with van der Waals surface area (Å²) in [5, 5.41) is 9.85. The molecule has 0 saturated heterocycles. The largest absolute Gasteiger partial charge is 0.494 e. The number of carbonyl (C=O) groups excluding carboxylic acids is 1. The van der Waals surface area contributed by atoms with Crippen molar-refractivity contribution in [3.63, 3.8) is 0 Å². The summed E-state index contributed by atoms with van der Waals surface area (Å²) < 4.78 is 10.2. The molecule has 0 bridgehead atoms. The van der Waals surface area contributed by atoms with Crippen molar-refractivity contribution in [2.24, 2.45) is 0 Å². The van der Waals surface area contributed by atoms with Crippen molar-refractivity contribution in [1.29, 1.82) is 0 Å². The van der Waals surface area contributed by atoms with Gasteiger partial charge < -0.3 is 14.6 Å². The summed E-state index contributed by atoms with van der Waals surface area (Å²) in [6.07, 6.45) is 1.58. The van der Waals surface area contributed by atoms with Crippen LogP contribution >= 0.6 is 0 Å². The van der Waals surface area contributed by atoms with Crippen molar-refractivity contribution in [1.82, 2.24) is 4.98 Å². The molecule has 100 valence electrons. The first-order valence-electron chi connectivity index (χ1n) is 5.94. The van der Waals surface area contributed by atoms with Crippen molar-refractivity contribution in [2.45, 2.75) is 13.5 Å². The van der Waals surface area contributed by atoms with Crippen LogP contribution in [0.2, 0.25) is 0 Å². The molecular weight excluding hydrogens is 246 g/mol. The van der Waals surface area contributed by atoms with Gasteiger partial charge in [-0.25, -0.2) is 4.79 Å². The van der Waals surface area contributed by atoms with Crippen LogP contribution in [0, 0.1) is 0 Å². The summed E-state index contributed by atoms with van der Waals surface area (Å²) in [7, 11) is 1.52. The fourth-order valence-electron chi connectivity index (χ4n) is 1.84. The number of aliphatic hydroxyl groups excluding tert-OH is 1. The van der Waals surface area contributed by atoms with E-state index in [1.54, 1.807) is 31.3 Å². The molecule has 0 spiro atoms. The van der Waals surface area contributed by atoms with Gasteiger partial charge in [0.2, 0.25) is 0 Å². The van der Waals surface area contributed by atoms with Crippen LogP contribution in [0.3, 0.4) is 0 Å². The Morgan fingerprint density at radius 1 is 1.37 bits per heavy atom. The number of carbonyl (C=O) groups is 1. The molecule has 0 fully saturated rings. The second kappa shape index (κ2) is 5.67. The SMILES string of the molecule is CCOC(=O)c1cc(OC)c2ncc(CO)cc2c1. The number of fused-ring (bicyclic) bond motifs is 1. The fraction of sp³-hybridized carbons (Fsp3) is 0.286. The van der Waals surface area contributed by atoms with Gasteiger partial charge in [0.05, 0.1) is 25.9 Å². The number of esters is 1. The minimum absolute atomic E-state index is 0.102. The summed E-state index contributed by atoms with van der Waals surface area (Å²) in [6, 6.07) is 5.06. The highest BCUT2D eigenvalue weighted by atomic mass is 16.5. The van der Waals surface area contributed by atoms with Gasteiger partial charge in [0.15, 0.2) is 0 Å². The molecule has 0 aliphatic heterocycles. The fourth-order valence-corrected chi connectivity index (χ4v) is 1.84. The van der Waals surface area contributed by atoms with Gasteiger partial charge in [-0.05, 0) is 30.7 Å². The van der Waals surface area contributed by atoms with Crippen LogP contribution in [0.1, 0.15) is 22.8 Å². The highest BCUT2D eigenvalue weighted by Crippen LogP contribution is 2.26. The molecule has 1 N–H and O–H groups in total. The van der Waals surface area contributed by atoms with Crippen LogP contribution < -0.4 is 4.74 Å². The van der Waals surface area contributed by atoms with Crippen molar-refractivity contribution in [2.75, 3.05) is 13.7 Å². The van der Waals surface area contributed by atoms with Crippen LogP contribution in [-0.2, 0) is 11.3 Å². The standard InChI is InChI=1S/C14H15NO4/c1-3-19-14(17)11-5-10-4-9(8-16)7-15-13(10)12(6-11)18-2/h4-7,16H,3,8H2,1-2H3. The normalized spacial score (nSPS) is 10.5. The number of hydrogen-bond donors (Lipinski definition) is 1. The van der Waals surface area contributed by atoms with E-state index in [2.05, 4.69) is 4.98 Å². The molecule has 0 unspecified atom stereocenters. The first-order valence-corrected chi connectivity index (χ1v) is 5.94. The van der Waals surface area contributed by atoms with Gasteiger partial charge in [-0.15, -0.1) is 0 Å². The maximum Gasteiger partial charge on any atom is 0.338 e. The summed E-state index contributed by atoms with van der Waals surface area (Å²) >= 11 is 0. The van der Waals surface area contributed by atoms with Crippen molar-refractivity contribution < 1.29 is 19.4 Å². The predicted molar refractivity (Wildman–Crippen MR) is 70.2 cm³/mol. The minimum atomic E-state index is -0.405. The number of aliphatic hydroxyl groups is 1. The molecule has 0 radical (unpaired) electrons. The molecule has 0 amide bonds. The van der Waals surface area contributed by atoms with E-state index >= 15 is 0 Å². The van der Waals surface area contributed by atoms with E-state index in [4.69, 9.17) is 14.6 Å². The number of aromatic nitrogens is 1. The first kappa shape index (κ1) is 13.3. The molecular formula is C14H15NO4. The zero-order chi connectivity index (χ0) is 13.8. The summed E-state index contributed by atoms with van der Waals surface area (Å²) in [5.74, 6) is 0.0992. The zero-order valence-electron chi connectivity index (χ0n) is 10.8. The van der Waals surface area contributed by atoms with Crippen molar-refractivity contribution in [3.05, 3.63) is 35.5 Å². The van der Waals surface area contributed by atoms with E-state index in [1.807, 2.05) is 0 Å². The molecule has 5 nitrogen and oxygen atoms in total. The highest BCUT2D eigenvalue weighted by molar-refractivity contribution is 5.97. The van der Waals surface area contributed by atoms with Crippen LogP contribution in [0.5, 0.6) is 5.75 Å². The third kappa shape index (κ3) is 2.66. The Labute approximate surface area is 110 Å². The smallest absolute Gasteiger partial charge is 0.338 e. The first-order chi connectivity index (χ1) is 9.19. The van der Waals surface area contributed by atoms with Gasteiger partial charge in [-0.3, -0.25) is 4.98 Å². The number of nitrogens with zero attached hydrogens (tertiary/aromatic N) is 1. The maximum absolute atomic E-state index is 11.8. The topological polar surface area (TPSA) is 68.7 Å². The lowest BCUT2D eigenvalue weighted by molar-refractivity contribution is 0.0526. The van der Waals surface area contributed by atoms with Gasteiger partial charge in [0, 0.05) is 11.6 Å². The predicted octanol–water partition coefficient (Wildman–Crippen LogP) is 1.91. The molecule has 0 atom stereocenters. The van der Waals surface area contributed by atoms with E-state index < -0.39 is 5.97 Å². The number of benzene rings is 1. The Morgan fingerprint density at radius 2 is 2.16 bits per heavy atom. The van der Waals surface area contributed by atoms with E-state index in [-0.39, 0.29) is 6.61 Å². The summed E-state index contributed by atoms with van der Waals surface area (Å²) in [4.78, 5) is 16.0. The molecule has 0 aliphatic rings. The van der Waals surface area contributed by atoms with E-state index in [0.717, 1.165) is 5.39 Å². The van der Waals surface area contributed by atoms with E-state index in [9.17, 15) is 4.79 Å². The third-order valence-electron chi connectivity index (χ3n) is 2.72. The van der Waals surface area contributed by atoms with Crippen LogP contribution in [-0.4, -0.2) is 29.8 Å². The Balaban J connectivity index is 2.59. The lowest BCUT2D eigenvalue weighted by Gasteiger charge is -2.09. The molecule has 0 saturated carbocycles. The molecule has 5 heteroatoms. The Bertz CT molecular complexity index is 610. The van der Waals surface area contributed by atoms with Crippen molar-refractivity contribution >= 4 is 16.9 Å². The number of methoxy groups -OCH3 is 1. The van der Waals surface area contributed by atoms with Gasteiger partial charge in [0.25, 0.3) is 0 Å². The maximum atomic E-state index is 11.8. The molecule has 19 heavy (non-hydrogen) atoms. The van der Waals surface area contributed by atoms with Gasteiger partial charge in [0.1, 0.15) is 11.3 Å². The van der Waals surface area contributed by atoms with Crippen LogP contribution in [0.15, 0.2) is 24.4 Å². The van der Waals surface area contributed by atoms with E-state index in [1.165, 1.54) is 7.11 Å². The zero-order valence-corrected chi connectivity index (χ0v) is 10.8. The lowest BCUT2D eigenvalue weighted by Crippen LogP contribution is -2.05. The number of rotatable bonds is 4. The van der Waals surface area contributed by atoms with E-state index in [0.29, 0.717) is 29.0 Å². The Hall–Kier alpha value is -2.14. The average molecular weight is 261 g/mol. The summed E-state index contributed by atoms with van der Waals surface area (Å²) in [5.41, 5.74) is 1.73. The van der Waals surface area contributed by atoms with Crippen molar-refractivity contribution in [3.8, 4) is 5.75 Å². The van der Waals surface area contributed by atoms with Gasteiger partial charge >= 0.3 is 5.97 Å². The Morgan fingerprint density at radius 3 is 2.79 bits per heavy atom. The number of pyridine rings is 1. The third-order valence-corrected chi connectivity index (χ3v) is 2.72. The molecule has 1 aromatic heterocycles. The van der Waals surface area contributed by atoms with Crippen LogP contribution in [0.4, 0.5) is 0 Å².